The van der Waals surface area contributed by atoms with Crippen molar-refractivity contribution in [3.8, 4) is 0 Å². The second kappa shape index (κ2) is 15.5. The molecule has 0 spiro atoms. The van der Waals surface area contributed by atoms with Gasteiger partial charge in [0.25, 0.3) is 0 Å². The van der Waals surface area contributed by atoms with Gasteiger partial charge in [-0.3, -0.25) is 0 Å². The van der Waals surface area contributed by atoms with Gasteiger partial charge >= 0.3 is 0 Å². The standard InChI is InChI=1S/C10H16N2O2S8/c1-3-13-9(17)21-19-7(15)11-5-6-12-8(16)20-22-10(18)14-4-2/h3-6H2,1-2H3,(H,11,15)(H,12,16). The first kappa shape index (κ1) is 23.0. The maximum Gasteiger partial charge on any atom is 0.231 e. The van der Waals surface area contributed by atoms with Crippen LogP contribution in [0, 0.1) is 0 Å². The molecular weight excluding hydrogens is 437 g/mol. The number of rotatable bonds is 5. The van der Waals surface area contributed by atoms with Gasteiger partial charge in [0, 0.05) is 34.7 Å². The van der Waals surface area contributed by atoms with Crippen LogP contribution >= 0.6 is 92.0 Å². The quantitative estimate of drug-likeness (QED) is 0.358. The Morgan fingerprint density at radius 3 is 1.41 bits per heavy atom. The smallest absolute Gasteiger partial charge is 0.231 e. The van der Waals surface area contributed by atoms with Crippen LogP contribution in [0.25, 0.3) is 0 Å². The lowest BCUT2D eigenvalue weighted by Crippen LogP contribution is -2.30. The molecule has 0 aliphatic carbocycles. The van der Waals surface area contributed by atoms with E-state index < -0.39 is 0 Å². The van der Waals surface area contributed by atoms with E-state index in [9.17, 15) is 0 Å². The molecule has 0 heterocycles. The van der Waals surface area contributed by atoms with Crippen molar-refractivity contribution in [2.75, 3.05) is 26.3 Å². The molecule has 126 valence electrons. The molecule has 0 radical (unpaired) electrons. The molecule has 0 aromatic rings. The van der Waals surface area contributed by atoms with Crippen molar-refractivity contribution in [3.05, 3.63) is 0 Å². The SMILES string of the molecule is CCOC(=S)SSC(=S)NCCNC(=S)SSC(=S)OCC. The summed E-state index contributed by atoms with van der Waals surface area (Å²) in [4.78, 5) is 0. The van der Waals surface area contributed by atoms with E-state index in [2.05, 4.69) is 10.6 Å². The van der Waals surface area contributed by atoms with Crippen LogP contribution in [-0.4, -0.2) is 43.7 Å². The molecule has 0 aromatic carbocycles. The molecule has 12 heteroatoms. The summed E-state index contributed by atoms with van der Waals surface area (Å²) in [5.74, 6) is 0. The molecule has 0 fully saturated rings. The van der Waals surface area contributed by atoms with Gasteiger partial charge in [0.2, 0.25) is 8.77 Å². The summed E-state index contributed by atoms with van der Waals surface area (Å²) >= 11 is 20.3. The number of nitrogens with one attached hydrogen (secondary N) is 2. The van der Waals surface area contributed by atoms with Gasteiger partial charge in [-0.05, 0) is 59.9 Å². The van der Waals surface area contributed by atoms with Crippen molar-refractivity contribution < 1.29 is 9.47 Å². The normalized spacial score (nSPS) is 9.73. The van der Waals surface area contributed by atoms with Crippen molar-refractivity contribution in [1.82, 2.24) is 10.6 Å². The van der Waals surface area contributed by atoms with Gasteiger partial charge in [-0.25, -0.2) is 0 Å². The van der Waals surface area contributed by atoms with Gasteiger partial charge < -0.3 is 20.1 Å². The number of ether oxygens (including phenoxy) is 2. The molecule has 4 nitrogen and oxygen atoms in total. The number of thiocarbonyl (C=S) groups is 4. The van der Waals surface area contributed by atoms with Crippen molar-refractivity contribution in [2.24, 2.45) is 0 Å². The molecule has 0 aromatic heterocycles. The molecule has 0 saturated heterocycles. The van der Waals surface area contributed by atoms with E-state index in [-0.39, 0.29) is 0 Å². The summed E-state index contributed by atoms with van der Waals surface area (Å²) in [6.07, 6.45) is 0. The lowest BCUT2D eigenvalue weighted by Gasteiger charge is -2.09. The van der Waals surface area contributed by atoms with E-state index in [0.717, 1.165) is 0 Å². The highest BCUT2D eigenvalue weighted by molar-refractivity contribution is 8.89. The Bertz CT molecular complexity index is 357. The maximum atomic E-state index is 5.16. The maximum absolute atomic E-state index is 5.16. The van der Waals surface area contributed by atoms with Crippen LogP contribution in [0.4, 0.5) is 0 Å². The van der Waals surface area contributed by atoms with E-state index >= 15 is 0 Å². The predicted molar refractivity (Wildman–Crippen MR) is 120 cm³/mol. The molecule has 0 aliphatic heterocycles. The highest BCUT2D eigenvalue weighted by Gasteiger charge is 2.04. The summed E-state index contributed by atoms with van der Waals surface area (Å²) < 4.78 is 12.6. The molecule has 0 aliphatic rings. The Balaban J connectivity index is 3.58. The van der Waals surface area contributed by atoms with Crippen LogP contribution in [0.1, 0.15) is 13.8 Å². The van der Waals surface area contributed by atoms with Gasteiger partial charge in [-0.15, -0.1) is 0 Å². The Kier molecular flexibility index (Phi) is 16.2. The Hall–Kier alpha value is 0.960. The molecule has 2 N–H and O–H groups in total. The van der Waals surface area contributed by atoms with Crippen LogP contribution in [0.2, 0.25) is 0 Å². The van der Waals surface area contributed by atoms with E-state index in [1.807, 2.05) is 13.8 Å². The lowest BCUT2D eigenvalue weighted by atomic mass is 10.6. The zero-order chi connectivity index (χ0) is 16.8. The van der Waals surface area contributed by atoms with Crippen molar-refractivity contribution in [1.29, 1.82) is 0 Å². The van der Waals surface area contributed by atoms with Crippen LogP contribution in [0.5, 0.6) is 0 Å². The third kappa shape index (κ3) is 14.5. The topological polar surface area (TPSA) is 42.5 Å². The first-order valence-electron chi connectivity index (χ1n) is 6.07. The minimum absolute atomic E-state index is 0.481. The van der Waals surface area contributed by atoms with Crippen LogP contribution in [0.15, 0.2) is 0 Å². The molecule has 0 unspecified atom stereocenters. The van der Waals surface area contributed by atoms with Gasteiger partial charge in [0.15, 0.2) is 0 Å². The second-order valence-electron chi connectivity index (χ2n) is 3.13. The van der Waals surface area contributed by atoms with Crippen LogP contribution in [0.3, 0.4) is 0 Å². The second-order valence-corrected chi connectivity index (χ2v) is 9.94. The monoisotopic (exact) mass is 452 g/mol. The number of hydrogen-bond acceptors (Lipinski definition) is 10. The van der Waals surface area contributed by atoms with Crippen molar-refractivity contribution >= 4 is 109 Å². The van der Waals surface area contributed by atoms with Crippen molar-refractivity contribution in [2.45, 2.75) is 13.8 Å². The first-order valence-corrected chi connectivity index (χ1v) is 12.0. The zero-order valence-corrected chi connectivity index (χ0v) is 18.4. The summed E-state index contributed by atoms with van der Waals surface area (Å²) in [5.41, 5.74) is 0. The first-order chi connectivity index (χ1) is 10.5. The number of hydrogen-bond donors (Lipinski definition) is 2. The minimum atomic E-state index is 0.481. The van der Waals surface area contributed by atoms with Gasteiger partial charge in [0.1, 0.15) is 8.64 Å². The zero-order valence-electron chi connectivity index (χ0n) is 11.9. The molecule has 0 amide bonds. The fourth-order valence-corrected chi connectivity index (χ4v) is 4.93. The molecule has 0 saturated carbocycles. The average molecular weight is 453 g/mol. The van der Waals surface area contributed by atoms with E-state index in [1.165, 1.54) is 43.2 Å². The highest BCUT2D eigenvalue weighted by Crippen LogP contribution is 2.25. The molecule has 22 heavy (non-hydrogen) atoms. The fourth-order valence-electron chi connectivity index (χ4n) is 0.816. The summed E-state index contributed by atoms with van der Waals surface area (Å²) in [6, 6.07) is 0. The summed E-state index contributed by atoms with van der Waals surface area (Å²) in [7, 11) is 5.40. The summed E-state index contributed by atoms with van der Waals surface area (Å²) in [6.45, 7) is 6.23. The molecule has 0 atom stereocenters. The van der Waals surface area contributed by atoms with Crippen LogP contribution in [-0.2, 0) is 9.47 Å². The predicted octanol–water partition coefficient (Wildman–Crippen LogP) is 4.14. The summed E-state index contributed by atoms with van der Waals surface area (Å²) in [5, 5.41) is 6.18. The lowest BCUT2D eigenvalue weighted by molar-refractivity contribution is 0.346. The van der Waals surface area contributed by atoms with Crippen molar-refractivity contribution in [3.63, 3.8) is 0 Å². The largest absolute Gasteiger partial charge is 0.478 e. The molecular formula is C10H16N2O2S8. The average Bonchev–Trinajstić information content (AvgIpc) is 2.48. The third-order valence-corrected chi connectivity index (χ3v) is 8.02. The fraction of sp³-hybridized carbons (Fsp3) is 0.600. The Morgan fingerprint density at radius 2 is 1.09 bits per heavy atom. The van der Waals surface area contributed by atoms with E-state index in [0.29, 0.717) is 43.7 Å². The van der Waals surface area contributed by atoms with E-state index in [1.54, 1.807) is 0 Å². The van der Waals surface area contributed by atoms with E-state index in [4.69, 9.17) is 58.3 Å². The van der Waals surface area contributed by atoms with Gasteiger partial charge in [-0.1, -0.05) is 24.4 Å². The van der Waals surface area contributed by atoms with Gasteiger partial charge in [-0.2, -0.15) is 0 Å². The van der Waals surface area contributed by atoms with Crippen LogP contribution < -0.4 is 10.6 Å². The highest BCUT2D eigenvalue weighted by atomic mass is 33.1. The molecule has 0 rings (SSSR count). The van der Waals surface area contributed by atoms with Gasteiger partial charge in [0.05, 0.1) is 13.2 Å². The minimum Gasteiger partial charge on any atom is -0.478 e. The third-order valence-electron chi connectivity index (χ3n) is 1.56. The Morgan fingerprint density at radius 1 is 0.727 bits per heavy atom. The Labute approximate surface area is 168 Å². The molecule has 0 bridgehead atoms.